The van der Waals surface area contributed by atoms with Gasteiger partial charge >= 0.3 is 0 Å². The summed E-state index contributed by atoms with van der Waals surface area (Å²) in [6.07, 6.45) is 0. The fourth-order valence-electron chi connectivity index (χ4n) is 0.918. The van der Waals surface area contributed by atoms with Gasteiger partial charge in [-0.1, -0.05) is 30.3 Å². The van der Waals surface area contributed by atoms with Gasteiger partial charge in [0.2, 0.25) is 0 Å². The fourth-order valence-corrected chi connectivity index (χ4v) is 1.12. The third-order valence-electron chi connectivity index (χ3n) is 1.53. The van der Waals surface area contributed by atoms with Crippen LogP contribution >= 0.6 is 12.2 Å². The molecule has 0 aliphatic rings. The third-order valence-corrected chi connectivity index (χ3v) is 1.80. The number of hydrogen-bond donors (Lipinski definition) is 1. The largest absolute Gasteiger partial charge is 0.466 e. The number of ether oxygens (including phenoxy) is 1. The minimum absolute atomic E-state index is 0.464. The lowest BCUT2D eigenvalue weighted by molar-refractivity contribution is 0.287. The Morgan fingerprint density at radius 2 is 2.08 bits per heavy atom. The third kappa shape index (κ3) is 3.90. The molecule has 1 rings (SSSR count). The summed E-state index contributed by atoms with van der Waals surface area (Å²) < 4.78 is 5.29. The number of benzene rings is 1. The van der Waals surface area contributed by atoms with Crippen molar-refractivity contribution in [3.05, 3.63) is 35.9 Å². The van der Waals surface area contributed by atoms with E-state index < -0.39 is 0 Å². The first kappa shape index (κ1) is 9.99. The highest BCUT2D eigenvalue weighted by molar-refractivity contribution is 7.80. The smallest absolute Gasteiger partial charge is 0.256 e. The predicted octanol–water partition coefficient (Wildman–Crippen LogP) is 2.10. The minimum Gasteiger partial charge on any atom is -0.466 e. The van der Waals surface area contributed by atoms with Crippen LogP contribution in [0.3, 0.4) is 0 Å². The van der Waals surface area contributed by atoms with Crippen LogP contribution in [0.15, 0.2) is 30.3 Å². The van der Waals surface area contributed by atoms with Gasteiger partial charge in [-0.3, -0.25) is 0 Å². The molecule has 3 heteroatoms. The highest BCUT2D eigenvalue weighted by atomic mass is 32.1. The fraction of sp³-hybridized carbons (Fsp3) is 0.300. The van der Waals surface area contributed by atoms with Gasteiger partial charge in [-0.25, -0.2) is 0 Å². The molecule has 0 saturated carbocycles. The Labute approximate surface area is 83.9 Å². The van der Waals surface area contributed by atoms with E-state index >= 15 is 0 Å². The number of nitrogens with one attached hydrogen (secondary N) is 1. The molecular weight excluding hydrogens is 182 g/mol. The van der Waals surface area contributed by atoms with Crippen molar-refractivity contribution in [1.29, 1.82) is 0 Å². The van der Waals surface area contributed by atoms with Crippen molar-refractivity contribution in [2.24, 2.45) is 0 Å². The van der Waals surface area contributed by atoms with Gasteiger partial charge in [0, 0.05) is 6.54 Å². The highest BCUT2D eigenvalue weighted by Gasteiger charge is 1.95. The van der Waals surface area contributed by atoms with E-state index in [0.29, 0.717) is 11.8 Å². The number of hydrogen-bond acceptors (Lipinski definition) is 2. The Morgan fingerprint density at radius 1 is 1.38 bits per heavy atom. The van der Waals surface area contributed by atoms with E-state index in [4.69, 9.17) is 17.0 Å². The Balaban J connectivity index is 2.31. The van der Waals surface area contributed by atoms with E-state index in [2.05, 4.69) is 5.32 Å². The summed E-state index contributed by atoms with van der Waals surface area (Å²) in [5.74, 6) is 0. The molecule has 13 heavy (non-hydrogen) atoms. The summed E-state index contributed by atoms with van der Waals surface area (Å²) in [5.41, 5.74) is 1.13. The summed E-state index contributed by atoms with van der Waals surface area (Å²) in [6.45, 7) is 3.32. The van der Waals surface area contributed by atoms with Crippen molar-refractivity contribution in [3.8, 4) is 0 Å². The summed E-state index contributed by atoms with van der Waals surface area (Å²) >= 11 is 4.92. The van der Waals surface area contributed by atoms with Crippen LogP contribution in [-0.4, -0.2) is 11.7 Å². The Hall–Kier alpha value is -1.09. The molecule has 0 bridgehead atoms. The average molecular weight is 195 g/mol. The molecule has 1 aromatic rings. The van der Waals surface area contributed by atoms with Crippen molar-refractivity contribution < 1.29 is 4.74 Å². The Kier molecular flexibility index (Phi) is 4.26. The summed E-state index contributed by atoms with van der Waals surface area (Å²) in [4.78, 5) is 0. The second kappa shape index (κ2) is 5.54. The van der Waals surface area contributed by atoms with Gasteiger partial charge < -0.3 is 10.1 Å². The first-order valence-electron chi connectivity index (χ1n) is 4.27. The molecule has 0 saturated heterocycles. The van der Waals surface area contributed by atoms with Crippen LogP contribution in [0.2, 0.25) is 0 Å². The molecule has 70 valence electrons. The van der Waals surface area contributed by atoms with Crippen molar-refractivity contribution >= 4 is 17.4 Å². The van der Waals surface area contributed by atoms with E-state index in [0.717, 1.165) is 12.1 Å². The number of rotatable bonds is 3. The van der Waals surface area contributed by atoms with Crippen molar-refractivity contribution in [1.82, 2.24) is 5.32 Å². The maximum Gasteiger partial charge on any atom is 0.256 e. The maximum absolute atomic E-state index is 5.29. The average Bonchev–Trinajstić information content (AvgIpc) is 2.17. The first-order valence-corrected chi connectivity index (χ1v) is 4.68. The van der Waals surface area contributed by atoms with Crippen LogP contribution in [-0.2, 0) is 11.3 Å². The second-order valence-electron chi connectivity index (χ2n) is 2.59. The molecular formula is C10H13NOS. The van der Waals surface area contributed by atoms with Crippen LogP contribution in [0.25, 0.3) is 0 Å². The minimum atomic E-state index is 0.464. The molecule has 1 N–H and O–H groups in total. The molecule has 2 nitrogen and oxygen atoms in total. The second-order valence-corrected chi connectivity index (χ2v) is 2.96. The van der Waals surface area contributed by atoms with Crippen LogP contribution in [0.4, 0.5) is 0 Å². The molecule has 0 aliphatic carbocycles. The summed E-state index contributed by atoms with van der Waals surface area (Å²) in [6, 6.07) is 9.96. The molecule has 0 radical (unpaired) electrons. The van der Waals surface area contributed by atoms with E-state index in [1.54, 1.807) is 0 Å². The lowest BCUT2D eigenvalue weighted by Crippen LogP contribution is -2.23. The summed E-state index contributed by atoms with van der Waals surface area (Å²) in [7, 11) is 0. The molecule has 0 atom stereocenters. The molecule has 0 unspecified atom stereocenters. The van der Waals surface area contributed by atoms with Gasteiger partial charge in [-0.05, 0) is 24.7 Å². The topological polar surface area (TPSA) is 21.3 Å². The molecule has 0 amide bonds. The maximum atomic E-state index is 5.29. The van der Waals surface area contributed by atoms with Crippen LogP contribution in [0.1, 0.15) is 12.5 Å². The van der Waals surface area contributed by atoms with E-state index in [9.17, 15) is 0 Å². The van der Waals surface area contributed by atoms with Crippen molar-refractivity contribution in [3.63, 3.8) is 0 Å². The van der Waals surface area contributed by atoms with Gasteiger partial charge in [0.15, 0.2) is 0 Å². The molecule has 0 aromatic heterocycles. The Morgan fingerprint density at radius 3 is 2.69 bits per heavy atom. The van der Waals surface area contributed by atoms with Crippen LogP contribution in [0, 0.1) is 0 Å². The number of thiocarbonyl (C=S) groups is 1. The lowest BCUT2D eigenvalue weighted by atomic mass is 10.2. The van der Waals surface area contributed by atoms with E-state index in [1.807, 2.05) is 37.3 Å². The normalized spacial score (nSPS) is 9.31. The lowest BCUT2D eigenvalue weighted by Gasteiger charge is -2.07. The molecule has 0 aliphatic heterocycles. The van der Waals surface area contributed by atoms with Gasteiger partial charge in [-0.2, -0.15) is 0 Å². The zero-order valence-electron chi connectivity index (χ0n) is 7.62. The first-order chi connectivity index (χ1) is 6.33. The van der Waals surface area contributed by atoms with Gasteiger partial charge in [-0.15, -0.1) is 0 Å². The van der Waals surface area contributed by atoms with E-state index in [-0.39, 0.29) is 0 Å². The van der Waals surface area contributed by atoms with Crippen molar-refractivity contribution in [2.45, 2.75) is 13.5 Å². The summed E-state index contributed by atoms with van der Waals surface area (Å²) in [5, 5.41) is 3.39. The molecule has 0 heterocycles. The molecule has 0 spiro atoms. The standard InChI is InChI=1S/C10H13NOS/c1-2-11-10(13)12-8-9-6-4-3-5-7-9/h3-7H,2,8H2,1H3,(H,11,13). The van der Waals surface area contributed by atoms with Crippen LogP contribution < -0.4 is 5.32 Å². The van der Waals surface area contributed by atoms with Gasteiger partial charge in [0.1, 0.15) is 6.61 Å². The zero-order chi connectivity index (χ0) is 9.52. The Bertz CT molecular complexity index is 261. The SMILES string of the molecule is CCNC(=S)OCc1ccccc1. The molecule has 0 fully saturated rings. The zero-order valence-corrected chi connectivity index (χ0v) is 8.43. The predicted molar refractivity (Wildman–Crippen MR) is 57.5 cm³/mol. The molecule has 1 aromatic carbocycles. The van der Waals surface area contributed by atoms with Gasteiger partial charge in [0.25, 0.3) is 5.17 Å². The highest BCUT2D eigenvalue weighted by Crippen LogP contribution is 2.00. The monoisotopic (exact) mass is 195 g/mol. The van der Waals surface area contributed by atoms with E-state index in [1.165, 1.54) is 0 Å². The quantitative estimate of drug-likeness (QED) is 0.746. The van der Waals surface area contributed by atoms with Gasteiger partial charge in [0.05, 0.1) is 0 Å². The van der Waals surface area contributed by atoms with Crippen molar-refractivity contribution in [2.75, 3.05) is 6.54 Å². The van der Waals surface area contributed by atoms with Crippen LogP contribution in [0.5, 0.6) is 0 Å².